The summed E-state index contributed by atoms with van der Waals surface area (Å²) in [5, 5.41) is 6.17. The van der Waals surface area contributed by atoms with Crippen molar-refractivity contribution in [3.8, 4) is 28.2 Å². The number of fused-ring (bicyclic) bond motifs is 13. The first-order valence-electron chi connectivity index (χ1n) is 21.8. The second-order valence-electron chi connectivity index (χ2n) is 16.7. The van der Waals surface area contributed by atoms with Gasteiger partial charge < -0.3 is 9.13 Å². The Morgan fingerprint density at radius 3 is 1.56 bits per heavy atom. The molecule has 5 aromatic heterocycles. The van der Waals surface area contributed by atoms with Gasteiger partial charge in [-0.3, -0.25) is 13.5 Å². The highest BCUT2D eigenvalue weighted by molar-refractivity contribution is 6.14. The highest BCUT2D eigenvalue weighted by Gasteiger charge is 2.25. The van der Waals surface area contributed by atoms with Gasteiger partial charge in [-0.25, -0.2) is 0 Å². The first-order chi connectivity index (χ1) is 31.3. The maximum atomic E-state index is 5.51. The number of benzene rings is 8. The highest BCUT2D eigenvalue weighted by atomic mass is 15.2. The fourth-order valence-electron chi connectivity index (χ4n) is 10.6. The van der Waals surface area contributed by atoms with E-state index in [1.54, 1.807) is 0 Å². The standard InChI is InChI=1S/C57H38N6/c1-4-16-39(17-5-1)59-48-25-13-10-22-43(48)46-34-37(28-31-51(46)59)38-29-32-52-47(35-38)44-23-11-14-26-49(44)60(52)42-30-33-53-54(36-42)62(41-20-8-3-9-21-41)57-58-56-55(63(53)57)45-24-12-15-27-50(45)61(56)40-18-6-2-7-19-40/h2-4,6-36H,1,5H2. The van der Waals surface area contributed by atoms with Gasteiger partial charge in [0.25, 0.3) is 0 Å². The van der Waals surface area contributed by atoms with Crippen LogP contribution in [0.2, 0.25) is 0 Å². The average molecular weight is 807 g/mol. The lowest BCUT2D eigenvalue weighted by molar-refractivity contribution is 1.02. The van der Waals surface area contributed by atoms with Crippen LogP contribution in [-0.2, 0) is 0 Å². The van der Waals surface area contributed by atoms with Crippen molar-refractivity contribution in [2.45, 2.75) is 12.8 Å². The van der Waals surface area contributed by atoms with E-state index in [4.69, 9.17) is 4.98 Å². The molecule has 0 saturated carbocycles. The van der Waals surface area contributed by atoms with E-state index in [0.717, 1.165) is 63.4 Å². The van der Waals surface area contributed by atoms with Gasteiger partial charge in [0.2, 0.25) is 5.78 Å². The van der Waals surface area contributed by atoms with E-state index in [1.165, 1.54) is 65.8 Å². The van der Waals surface area contributed by atoms with Crippen molar-refractivity contribution in [1.82, 2.24) is 27.7 Å². The largest absolute Gasteiger partial charge is 0.310 e. The van der Waals surface area contributed by atoms with Gasteiger partial charge in [-0.1, -0.05) is 115 Å². The zero-order chi connectivity index (χ0) is 41.2. The highest BCUT2D eigenvalue weighted by Crippen LogP contribution is 2.41. The molecule has 13 aromatic rings. The van der Waals surface area contributed by atoms with Crippen molar-refractivity contribution in [3.63, 3.8) is 0 Å². The third-order valence-electron chi connectivity index (χ3n) is 13.3. The predicted octanol–water partition coefficient (Wildman–Crippen LogP) is 14.4. The predicted molar refractivity (Wildman–Crippen MR) is 262 cm³/mol. The minimum absolute atomic E-state index is 0.882. The van der Waals surface area contributed by atoms with Crippen LogP contribution in [0.1, 0.15) is 12.8 Å². The van der Waals surface area contributed by atoms with E-state index >= 15 is 0 Å². The van der Waals surface area contributed by atoms with Gasteiger partial charge in [0.15, 0.2) is 5.65 Å². The Morgan fingerprint density at radius 1 is 0.365 bits per heavy atom. The third-order valence-corrected chi connectivity index (χ3v) is 13.3. The summed E-state index contributed by atoms with van der Waals surface area (Å²) < 4.78 is 11.8. The molecule has 8 aromatic carbocycles. The molecular weight excluding hydrogens is 769 g/mol. The molecule has 14 rings (SSSR count). The zero-order valence-corrected chi connectivity index (χ0v) is 34.2. The van der Waals surface area contributed by atoms with Gasteiger partial charge in [0.05, 0.1) is 38.6 Å². The molecule has 0 aliphatic heterocycles. The number of para-hydroxylation sites is 5. The van der Waals surface area contributed by atoms with Gasteiger partial charge in [0, 0.05) is 49.7 Å². The Hall–Kier alpha value is -8.35. The molecule has 0 fully saturated rings. The van der Waals surface area contributed by atoms with Gasteiger partial charge in [-0.2, -0.15) is 4.98 Å². The lowest BCUT2D eigenvalue weighted by Gasteiger charge is -2.12. The molecule has 1 aliphatic carbocycles. The maximum absolute atomic E-state index is 5.51. The summed E-state index contributed by atoms with van der Waals surface area (Å²) in [7, 11) is 0. The van der Waals surface area contributed by atoms with Gasteiger partial charge in [-0.15, -0.1) is 0 Å². The van der Waals surface area contributed by atoms with Crippen LogP contribution in [0.3, 0.4) is 0 Å². The fourth-order valence-corrected chi connectivity index (χ4v) is 10.6. The Labute approximate surface area is 361 Å². The van der Waals surface area contributed by atoms with E-state index in [-0.39, 0.29) is 0 Å². The number of aromatic nitrogens is 6. The smallest absolute Gasteiger partial charge is 0.222 e. The monoisotopic (exact) mass is 806 g/mol. The Bertz CT molecular complexity index is 4070. The van der Waals surface area contributed by atoms with Crippen LogP contribution >= 0.6 is 0 Å². The molecule has 6 nitrogen and oxygen atoms in total. The van der Waals surface area contributed by atoms with Crippen molar-refractivity contribution in [2.75, 3.05) is 0 Å². The molecule has 0 bridgehead atoms. The summed E-state index contributed by atoms with van der Waals surface area (Å²) in [5.74, 6) is 0.882. The molecule has 0 saturated heterocycles. The van der Waals surface area contributed by atoms with Crippen LogP contribution in [-0.4, -0.2) is 27.7 Å². The Kier molecular flexibility index (Phi) is 7.13. The number of hydrogen-bond acceptors (Lipinski definition) is 1. The first kappa shape index (κ1) is 34.4. The van der Waals surface area contributed by atoms with E-state index in [1.807, 2.05) is 0 Å². The quantitative estimate of drug-likeness (QED) is 0.171. The molecule has 63 heavy (non-hydrogen) atoms. The number of allylic oxidation sites excluding steroid dienone is 4. The summed E-state index contributed by atoms with van der Waals surface area (Å²) in [6, 6.07) is 68.4. The molecule has 1 aliphatic rings. The molecule has 0 spiro atoms. The molecule has 6 heteroatoms. The maximum Gasteiger partial charge on any atom is 0.222 e. The number of rotatable bonds is 5. The van der Waals surface area contributed by atoms with Crippen LogP contribution in [0.15, 0.2) is 206 Å². The molecule has 0 radical (unpaired) electrons. The van der Waals surface area contributed by atoms with Crippen molar-refractivity contribution in [1.29, 1.82) is 0 Å². The first-order valence-corrected chi connectivity index (χ1v) is 21.8. The minimum atomic E-state index is 0.882. The van der Waals surface area contributed by atoms with E-state index < -0.39 is 0 Å². The Morgan fingerprint density at radius 2 is 0.905 bits per heavy atom. The van der Waals surface area contributed by atoms with Crippen molar-refractivity contribution < 1.29 is 0 Å². The van der Waals surface area contributed by atoms with E-state index in [0.29, 0.717) is 0 Å². The third kappa shape index (κ3) is 4.86. The summed E-state index contributed by atoms with van der Waals surface area (Å²) in [5.41, 5.74) is 17.1. The van der Waals surface area contributed by atoms with E-state index in [2.05, 4.69) is 229 Å². The van der Waals surface area contributed by atoms with Crippen LogP contribution in [0.4, 0.5) is 0 Å². The molecule has 0 atom stereocenters. The van der Waals surface area contributed by atoms with Crippen LogP contribution in [0.25, 0.3) is 116 Å². The molecule has 5 heterocycles. The van der Waals surface area contributed by atoms with Crippen LogP contribution < -0.4 is 0 Å². The molecule has 296 valence electrons. The van der Waals surface area contributed by atoms with Gasteiger partial charge >= 0.3 is 0 Å². The normalized spacial score (nSPS) is 13.3. The van der Waals surface area contributed by atoms with Gasteiger partial charge in [0.1, 0.15) is 5.52 Å². The lowest BCUT2D eigenvalue weighted by Crippen LogP contribution is -1.98. The second-order valence-corrected chi connectivity index (χ2v) is 16.7. The molecule has 0 N–H and O–H groups in total. The zero-order valence-electron chi connectivity index (χ0n) is 34.2. The molecule has 0 amide bonds. The van der Waals surface area contributed by atoms with Gasteiger partial charge in [-0.05, 0) is 115 Å². The van der Waals surface area contributed by atoms with Crippen molar-refractivity contribution in [3.05, 3.63) is 206 Å². The average Bonchev–Trinajstić information content (AvgIpc) is 4.13. The van der Waals surface area contributed by atoms with Crippen LogP contribution in [0, 0.1) is 0 Å². The SMILES string of the molecule is C1=CC(n2c3ccccc3c3cc(-c4ccc5c(c4)c4ccccc4n5-c4ccc5c(c4)n(-c4ccccc4)c4nc6c(c7ccccc7n6-c6ccccc6)n54)ccc32)=CCC1. The fraction of sp³-hybridized carbons (Fsp3) is 0.0351. The van der Waals surface area contributed by atoms with Crippen molar-refractivity contribution in [2.24, 2.45) is 0 Å². The number of imidazole rings is 2. The van der Waals surface area contributed by atoms with Crippen LogP contribution in [0.5, 0.6) is 0 Å². The summed E-state index contributed by atoms with van der Waals surface area (Å²) in [6.45, 7) is 0. The number of hydrogen-bond donors (Lipinski definition) is 0. The topological polar surface area (TPSA) is 37.0 Å². The Balaban J connectivity index is 0.978. The number of nitrogens with zero attached hydrogens (tertiary/aromatic N) is 6. The minimum Gasteiger partial charge on any atom is -0.310 e. The summed E-state index contributed by atoms with van der Waals surface area (Å²) >= 11 is 0. The lowest BCUT2D eigenvalue weighted by atomic mass is 10.0. The molecular formula is C57H38N6. The second kappa shape index (κ2) is 13.1. The molecule has 0 unspecified atom stereocenters. The summed E-state index contributed by atoms with van der Waals surface area (Å²) in [4.78, 5) is 5.51. The van der Waals surface area contributed by atoms with Crippen molar-refractivity contribution >= 4 is 88.2 Å². The van der Waals surface area contributed by atoms with E-state index in [9.17, 15) is 0 Å². The summed E-state index contributed by atoms with van der Waals surface area (Å²) in [6.07, 6.45) is 9.09.